The van der Waals surface area contributed by atoms with Crippen LogP contribution in [0.2, 0.25) is 0 Å². The van der Waals surface area contributed by atoms with Crippen LogP contribution < -0.4 is 0 Å². The molecule has 106 valence electrons. The molecule has 4 heteroatoms. The van der Waals surface area contributed by atoms with Crippen molar-refractivity contribution in [3.05, 3.63) is 18.0 Å². The van der Waals surface area contributed by atoms with Gasteiger partial charge in [-0.05, 0) is 44.1 Å². The summed E-state index contributed by atoms with van der Waals surface area (Å²) in [6.45, 7) is 4.35. The van der Waals surface area contributed by atoms with E-state index in [0.717, 1.165) is 44.2 Å². The third-order valence-electron chi connectivity index (χ3n) is 4.43. The summed E-state index contributed by atoms with van der Waals surface area (Å²) >= 11 is 0. The minimum atomic E-state index is -0.637. The maximum absolute atomic E-state index is 11.2. The van der Waals surface area contributed by atoms with Crippen molar-refractivity contribution >= 4 is 5.97 Å². The van der Waals surface area contributed by atoms with E-state index in [1.54, 1.807) is 0 Å². The van der Waals surface area contributed by atoms with E-state index in [4.69, 9.17) is 0 Å². The molecule has 1 saturated carbocycles. The van der Waals surface area contributed by atoms with Gasteiger partial charge in [0.15, 0.2) is 0 Å². The highest BCUT2D eigenvalue weighted by molar-refractivity contribution is 5.70. The molecule has 1 aromatic heterocycles. The molecule has 0 bridgehead atoms. The zero-order valence-electron chi connectivity index (χ0n) is 11.9. The Hall–Kier alpha value is -1.32. The Morgan fingerprint density at radius 2 is 2.21 bits per heavy atom. The number of aromatic nitrogens is 2. The van der Waals surface area contributed by atoms with Gasteiger partial charge in [0, 0.05) is 6.20 Å². The third kappa shape index (κ3) is 3.17. The lowest BCUT2D eigenvalue weighted by Crippen LogP contribution is -2.20. The fourth-order valence-electron chi connectivity index (χ4n) is 3.23. The monoisotopic (exact) mass is 264 g/mol. The Kier molecular flexibility index (Phi) is 4.61. The first-order valence-electron chi connectivity index (χ1n) is 7.42. The van der Waals surface area contributed by atoms with Gasteiger partial charge < -0.3 is 5.11 Å². The summed E-state index contributed by atoms with van der Waals surface area (Å²) in [5.74, 6) is -0.539. The average molecular weight is 264 g/mol. The van der Waals surface area contributed by atoms with Crippen LogP contribution in [0.4, 0.5) is 0 Å². The van der Waals surface area contributed by atoms with Gasteiger partial charge in [-0.15, -0.1) is 0 Å². The third-order valence-corrected chi connectivity index (χ3v) is 4.43. The molecule has 2 rings (SSSR count). The molecule has 0 radical (unpaired) electrons. The molecule has 1 N–H and O–H groups in total. The molecule has 2 atom stereocenters. The van der Waals surface area contributed by atoms with Crippen LogP contribution in [-0.2, 0) is 11.2 Å². The Bertz CT molecular complexity index is 424. The molecule has 1 fully saturated rings. The summed E-state index contributed by atoms with van der Waals surface area (Å²) < 4.78 is 2.04. The number of hydrogen-bond donors (Lipinski definition) is 1. The van der Waals surface area contributed by atoms with Gasteiger partial charge >= 0.3 is 5.97 Å². The van der Waals surface area contributed by atoms with Crippen LogP contribution in [0, 0.1) is 11.8 Å². The predicted octanol–water partition coefficient (Wildman–Crippen LogP) is 3.29. The molecule has 0 aromatic carbocycles. The number of carboxylic acid groups (broad SMARTS) is 1. The van der Waals surface area contributed by atoms with Crippen molar-refractivity contribution in [2.45, 2.75) is 58.4 Å². The van der Waals surface area contributed by atoms with Crippen LogP contribution in [0.1, 0.15) is 57.7 Å². The molecule has 1 aliphatic rings. The van der Waals surface area contributed by atoms with E-state index in [-0.39, 0.29) is 11.8 Å². The van der Waals surface area contributed by atoms with E-state index in [9.17, 15) is 9.90 Å². The predicted molar refractivity (Wildman–Crippen MR) is 74.0 cm³/mol. The molecular weight excluding hydrogens is 240 g/mol. The van der Waals surface area contributed by atoms with Crippen molar-refractivity contribution < 1.29 is 9.90 Å². The first-order chi connectivity index (χ1) is 9.15. The summed E-state index contributed by atoms with van der Waals surface area (Å²) in [4.78, 5) is 11.2. The maximum atomic E-state index is 11.2. The van der Waals surface area contributed by atoms with Gasteiger partial charge in [0.25, 0.3) is 0 Å². The molecule has 0 saturated heterocycles. The van der Waals surface area contributed by atoms with Crippen molar-refractivity contribution in [2.75, 3.05) is 0 Å². The summed E-state index contributed by atoms with van der Waals surface area (Å²) in [6.07, 6.45) is 7.90. The van der Waals surface area contributed by atoms with Crippen molar-refractivity contribution in [3.63, 3.8) is 0 Å². The number of carbonyl (C=O) groups is 1. The normalized spacial score (nSPS) is 23.1. The van der Waals surface area contributed by atoms with E-state index in [0.29, 0.717) is 6.04 Å². The summed E-state index contributed by atoms with van der Waals surface area (Å²) in [7, 11) is 0. The summed E-state index contributed by atoms with van der Waals surface area (Å²) in [5.41, 5.74) is 1.05. The lowest BCUT2D eigenvalue weighted by Gasteiger charge is -2.15. The molecule has 1 aliphatic carbocycles. The second-order valence-electron chi connectivity index (χ2n) is 5.60. The Morgan fingerprint density at radius 3 is 2.84 bits per heavy atom. The zero-order chi connectivity index (χ0) is 13.8. The fraction of sp³-hybridized carbons (Fsp3) is 0.733. The van der Waals surface area contributed by atoms with Gasteiger partial charge in [-0.1, -0.05) is 20.3 Å². The average Bonchev–Trinajstić information content (AvgIpc) is 3.01. The maximum Gasteiger partial charge on any atom is 0.306 e. The van der Waals surface area contributed by atoms with Gasteiger partial charge in [0.1, 0.15) is 0 Å². The highest BCUT2D eigenvalue weighted by atomic mass is 16.4. The topological polar surface area (TPSA) is 55.1 Å². The fourth-order valence-corrected chi connectivity index (χ4v) is 3.23. The summed E-state index contributed by atoms with van der Waals surface area (Å²) in [6, 6.07) is 2.52. The number of aliphatic carboxylic acids is 1. The Labute approximate surface area is 114 Å². The van der Waals surface area contributed by atoms with Gasteiger partial charge in [0.2, 0.25) is 0 Å². The van der Waals surface area contributed by atoms with Crippen molar-refractivity contribution in [1.29, 1.82) is 0 Å². The minimum absolute atomic E-state index is 0.168. The molecule has 1 aromatic rings. The summed E-state index contributed by atoms with van der Waals surface area (Å²) in [5, 5.41) is 13.8. The van der Waals surface area contributed by atoms with Crippen LogP contribution in [0.3, 0.4) is 0 Å². The molecule has 19 heavy (non-hydrogen) atoms. The van der Waals surface area contributed by atoms with E-state index in [1.807, 2.05) is 10.9 Å². The molecule has 0 aliphatic heterocycles. The van der Waals surface area contributed by atoms with Gasteiger partial charge in [-0.3, -0.25) is 9.48 Å². The van der Waals surface area contributed by atoms with Crippen LogP contribution in [0.25, 0.3) is 0 Å². The van der Waals surface area contributed by atoms with Crippen LogP contribution in [0.15, 0.2) is 12.3 Å². The second kappa shape index (κ2) is 6.22. The van der Waals surface area contributed by atoms with Gasteiger partial charge in [-0.25, -0.2) is 0 Å². The number of nitrogens with zero attached hydrogens (tertiary/aromatic N) is 2. The first-order valence-corrected chi connectivity index (χ1v) is 7.42. The lowest BCUT2D eigenvalue weighted by atomic mass is 9.92. The molecular formula is C15H24N2O2. The molecule has 0 spiro atoms. The Balaban J connectivity index is 2.01. The van der Waals surface area contributed by atoms with Crippen molar-refractivity contribution in [2.24, 2.45) is 11.8 Å². The molecule has 4 nitrogen and oxygen atoms in total. The van der Waals surface area contributed by atoms with E-state index in [1.165, 1.54) is 0 Å². The van der Waals surface area contributed by atoms with E-state index in [2.05, 4.69) is 25.0 Å². The van der Waals surface area contributed by atoms with Gasteiger partial charge in [0.05, 0.1) is 17.7 Å². The second-order valence-corrected chi connectivity index (χ2v) is 5.60. The molecule has 2 unspecified atom stereocenters. The standard InChI is InChI=1S/C15H24N2O2/c1-3-13(4-2)17-9-8-12(16-17)10-11-6-5-7-14(11)15(18)19/h8-9,11,13-14H,3-7,10H2,1-2H3,(H,18,19). The highest BCUT2D eigenvalue weighted by Crippen LogP contribution is 2.34. The lowest BCUT2D eigenvalue weighted by molar-refractivity contribution is -0.142. The smallest absolute Gasteiger partial charge is 0.306 e. The first kappa shape index (κ1) is 14.1. The highest BCUT2D eigenvalue weighted by Gasteiger charge is 2.33. The number of carboxylic acids is 1. The van der Waals surface area contributed by atoms with Crippen LogP contribution in [-0.4, -0.2) is 20.9 Å². The number of rotatable bonds is 6. The Morgan fingerprint density at radius 1 is 1.47 bits per heavy atom. The van der Waals surface area contributed by atoms with Crippen molar-refractivity contribution in [3.8, 4) is 0 Å². The van der Waals surface area contributed by atoms with E-state index < -0.39 is 5.97 Å². The van der Waals surface area contributed by atoms with Crippen molar-refractivity contribution in [1.82, 2.24) is 9.78 Å². The van der Waals surface area contributed by atoms with Gasteiger partial charge in [-0.2, -0.15) is 5.10 Å². The molecule has 1 heterocycles. The SMILES string of the molecule is CCC(CC)n1ccc(CC2CCCC2C(=O)O)n1. The van der Waals surface area contributed by atoms with Crippen LogP contribution in [0.5, 0.6) is 0 Å². The quantitative estimate of drug-likeness (QED) is 0.857. The largest absolute Gasteiger partial charge is 0.481 e. The van der Waals surface area contributed by atoms with E-state index >= 15 is 0 Å². The minimum Gasteiger partial charge on any atom is -0.481 e. The number of hydrogen-bond acceptors (Lipinski definition) is 2. The van der Waals surface area contributed by atoms with Crippen LogP contribution >= 0.6 is 0 Å². The molecule has 0 amide bonds. The zero-order valence-corrected chi connectivity index (χ0v) is 11.9.